The van der Waals surface area contributed by atoms with Crippen molar-refractivity contribution < 1.29 is 19.1 Å². The maximum absolute atomic E-state index is 13.6. The Kier molecular flexibility index (Phi) is 6.15. The predicted molar refractivity (Wildman–Crippen MR) is 133 cm³/mol. The first-order valence-corrected chi connectivity index (χ1v) is 12.0. The van der Waals surface area contributed by atoms with Gasteiger partial charge in [0.25, 0.3) is 5.91 Å². The molecule has 2 aliphatic rings. The minimum Gasteiger partial charge on any atom is -0.496 e. The Hall–Kier alpha value is -3.52. The van der Waals surface area contributed by atoms with Crippen molar-refractivity contribution in [3.8, 4) is 22.6 Å². The van der Waals surface area contributed by atoms with Crippen LogP contribution in [0.25, 0.3) is 11.1 Å². The molecule has 2 amide bonds. The van der Waals surface area contributed by atoms with Crippen molar-refractivity contribution >= 4 is 29.1 Å². The lowest BCUT2D eigenvalue weighted by Gasteiger charge is -2.38. The fourth-order valence-electron chi connectivity index (χ4n) is 5.14. The molecule has 3 heterocycles. The van der Waals surface area contributed by atoms with Gasteiger partial charge in [0.1, 0.15) is 11.5 Å². The summed E-state index contributed by atoms with van der Waals surface area (Å²) in [4.78, 5) is 30.3. The van der Waals surface area contributed by atoms with E-state index in [1.807, 2.05) is 34.2 Å². The van der Waals surface area contributed by atoms with Gasteiger partial charge >= 0.3 is 0 Å². The van der Waals surface area contributed by atoms with Crippen LogP contribution < -0.4 is 14.4 Å². The summed E-state index contributed by atoms with van der Waals surface area (Å²) >= 11 is 6.21. The molecule has 0 atom stereocenters. The lowest BCUT2D eigenvalue weighted by Crippen LogP contribution is -2.46. The maximum atomic E-state index is 13.6. The number of amides is 2. The van der Waals surface area contributed by atoms with Gasteiger partial charge in [-0.15, -0.1) is 0 Å². The van der Waals surface area contributed by atoms with Crippen LogP contribution in [0.2, 0.25) is 5.02 Å². The van der Waals surface area contributed by atoms with Crippen LogP contribution in [0.5, 0.6) is 11.5 Å². The molecule has 1 aromatic heterocycles. The number of H-pyrrole nitrogens is 1. The van der Waals surface area contributed by atoms with Crippen LogP contribution in [-0.2, 0) is 4.79 Å². The van der Waals surface area contributed by atoms with E-state index in [-0.39, 0.29) is 11.8 Å². The highest BCUT2D eigenvalue weighted by molar-refractivity contribution is 6.32. The zero-order valence-electron chi connectivity index (χ0n) is 19.7. The van der Waals surface area contributed by atoms with E-state index >= 15 is 0 Å². The number of nitrogens with zero attached hydrogens (tertiary/aromatic N) is 3. The molecule has 0 radical (unpaired) electrons. The van der Waals surface area contributed by atoms with Gasteiger partial charge in [0, 0.05) is 54.3 Å². The molecule has 182 valence electrons. The van der Waals surface area contributed by atoms with Crippen molar-refractivity contribution in [2.24, 2.45) is 5.41 Å². The highest BCUT2D eigenvalue weighted by Gasteiger charge is 2.49. The number of carbonyl (C=O) groups is 2. The van der Waals surface area contributed by atoms with Crippen LogP contribution in [0.3, 0.4) is 0 Å². The van der Waals surface area contributed by atoms with Crippen molar-refractivity contribution in [1.82, 2.24) is 15.1 Å². The van der Waals surface area contributed by atoms with E-state index in [2.05, 4.69) is 10.2 Å². The summed E-state index contributed by atoms with van der Waals surface area (Å²) in [7, 11) is 3.16. The Bertz CT molecular complexity index is 1250. The van der Waals surface area contributed by atoms with Crippen molar-refractivity contribution in [2.45, 2.75) is 19.3 Å². The Morgan fingerprint density at radius 1 is 1.03 bits per heavy atom. The first-order valence-electron chi connectivity index (χ1n) is 11.6. The molecule has 5 rings (SSSR count). The van der Waals surface area contributed by atoms with Crippen molar-refractivity contribution in [2.75, 3.05) is 38.8 Å². The lowest BCUT2D eigenvalue weighted by atomic mass is 9.77. The zero-order chi connectivity index (χ0) is 24.6. The van der Waals surface area contributed by atoms with Gasteiger partial charge in [0.15, 0.2) is 0 Å². The van der Waals surface area contributed by atoms with Crippen LogP contribution in [-0.4, -0.2) is 60.8 Å². The monoisotopic (exact) mass is 494 g/mol. The topological polar surface area (TPSA) is 87.8 Å². The predicted octanol–water partition coefficient (Wildman–Crippen LogP) is 4.41. The number of methoxy groups -OCH3 is 2. The van der Waals surface area contributed by atoms with Gasteiger partial charge < -0.3 is 19.3 Å². The summed E-state index contributed by atoms with van der Waals surface area (Å²) in [5.74, 6) is 1.27. The van der Waals surface area contributed by atoms with Crippen LogP contribution in [0.15, 0.2) is 48.8 Å². The third-order valence-corrected chi connectivity index (χ3v) is 7.52. The van der Waals surface area contributed by atoms with Gasteiger partial charge in [-0.3, -0.25) is 14.7 Å². The molecule has 1 N–H and O–H groups in total. The molecule has 0 aliphatic carbocycles. The van der Waals surface area contributed by atoms with Crippen molar-refractivity contribution in [3.63, 3.8) is 0 Å². The van der Waals surface area contributed by atoms with Crippen molar-refractivity contribution in [3.05, 3.63) is 59.4 Å². The van der Waals surface area contributed by atoms with Crippen molar-refractivity contribution in [1.29, 1.82) is 0 Å². The molecule has 0 saturated carbocycles. The first kappa shape index (κ1) is 23.2. The number of piperidine rings is 1. The zero-order valence-corrected chi connectivity index (χ0v) is 20.5. The molecular weight excluding hydrogens is 468 g/mol. The fraction of sp³-hybridized carbons (Fsp3) is 0.346. The number of anilines is 1. The van der Waals surface area contributed by atoms with Crippen LogP contribution in [0.4, 0.5) is 5.69 Å². The number of nitrogens with one attached hydrogen (secondary N) is 1. The molecule has 2 fully saturated rings. The second-order valence-electron chi connectivity index (χ2n) is 9.00. The fourth-order valence-corrected chi connectivity index (χ4v) is 5.39. The summed E-state index contributed by atoms with van der Waals surface area (Å²) in [6.45, 7) is 1.71. The van der Waals surface area contributed by atoms with E-state index in [0.29, 0.717) is 54.6 Å². The summed E-state index contributed by atoms with van der Waals surface area (Å²) < 4.78 is 10.8. The van der Waals surface area contributed by atoms with E-state index < -0.39 is 5.41 Å². The van der Waals surface area contributed by atoms with E-state index in [0.717, 1.165) is 23.2 Å². The van der Waals surface area contributed by atoms with Gasteiger partial charge in [-0.2, -0.15) is 5.10 Å². The average molecular weight is 495 g/mol. The molecule has 9 heteroatoms. The number of carbonyl (C=O) groups excluding carboxylic acids is 2. The Morgan fingerprint density at radius 2 is 1.77 bits per heavy atom. The van der Waals surface area contributed by atoms with Gasteiger partial charge in [-0.25, -0.2) is 0 Å². The second kappa shape index (κ2) is 9.26. The summed E-state index contributed by atoms with van der Waals surface area (Å²) in [5, 5.41) is 7.23. The quantitative estimate of drug-likeness (QED) is 0.567. The third kappa shape index (κ3) is 4.12. The number of aromatic nitrogens is 2. The number of hydrogen-bond acceptors (Lipinski definition) is 5. The molecule has 2 aliphatic heterocycles. The number of benzene rings is 2. The number of aromatic amines is 1. The molecular formula is C26H27ClN4O4. The summed E-state index contributed by atoms with van der Waals surface area (Å²) in [6, 6.07) is 10.9. The summed E-state index contributed by atoms with van der Waals surface area (Å²) in [5.41, 5.74) is 2.74. The largest absolute Gasteiger partial charge is 0.496 e. The molecule has 8 nitrogen and oxygen atoms in total. The van der Waals surface area contributed by atoms with Gasteiger partial charge in [-0.1, -0.05) is 11.6 Å². The van der Waals surface area contributed by atoms with E-state index in [1.54, 1.807) is 38.6 Å². The lowest BCUT2D eigenvalue weighted by molar-refractivity contribution is -0.127. The van der Waals surface area contributed by atoms with Gasteiger partial charge in [0.2, 0.25) is 5.91 Å². The molecule has 35 heavy (non-hydrogen) atoms. The number of likely N-dealkylation sites (tertiary alicyclic amines) is 1. The minimum atomic E-state index is -0.440. The van der Waals surface area contributed by atoms with Gasteiger partial charge in [0.05, 0.1) is 30.9 Å². The Labute approximate surface area is 208 Å². The number of rotatable bonds is 5. The molecule has 0 unspecified atom stereocenters. The average Bonchev–Trinajstić information content (AvgIpc) is 3.53. The maximum Gasteiger partial charge on any atom is 0.253 e. The SMILES string of the molecule is COc1ccc(C(=O)N2CCC3(CC2)CCN(c2ccc(-c4cn[nH]c4)c(OC)c2)C3=O)cc1Cl. The Balaban J connectivity index is 1.29. The van der Waals surface area contributed by atoms with Crippen LogP contribution in [0.1, 0.15) is 29.6 Å². The molecule has 1 spiro atoms. The standard InChI is InChI=1S/C26H27ClN4O4/c1-34-22-6-3-17(13-21(22)27)24(32)30-10-7-26(8-11-30)9-12-31(25(26)33)19-4-5-20(23(14-19)35-2)18-15-28-29-16-18/h3-6,13-16H,7-12H2,1-2H3,(H,28,29). The Morgan fingerprint density at radius 3 is 2.43 bits per heavy atom. The smallest absolute Gasteiger partial charge is 0.253 e. The third-order valence-electron chi connectivity index (χ3n) is 7.23. The minimum absolute atomic E-state index is 0.0775. The van der Waals surface area contributed by atoms with E-state index in [4.69, 9.17) is 21.1 Å². The number of hydrogen-bond donors (Lipinski definition) is 1. The normalized spacial score (nSPS) is 17.2. The highest BCUT2D eigenvalue weighted by atomic mass is 35.5. The van der Waals surface area contributed by atoms with Gasteiger partial charge in [-0.05, 0) is 49.6 Å². The highest BCUT2D eigenvalue weighted by Crippen LogP contribution is 2.44. The van der Waals surface area contributed by atoms with Crippen LogP contribution in [0, 0.1) is 5.41 Å². The molecule has 3 aromatic rings. The summed E-state index contributed by atoms with van der Waals surface area (Å²) in [6.07, 6.45) is 5.60. The van der Waals surface area contributed by atoms with E-state index in [9.17, 15) is 9.59 Å². The number of halogens is 1. The van der Waals surface area contributed by atoms with Crippen LogP contribution >= 0.6 is 11.6 Å². The number of ether oxygens (including phenoxy) is 2. The second-order valence-corrected chi connectivity index (χ2v) is 9.41. The molecule has 2 saturated heterocycles. The molecule has 2 aromatic carbocycles. The first-order chi connectivity index (χ1) is 17.0. The molecule has 0 bridgehead atoms. The van der Waals surface area contributed by atoms with E-state index in [1.165, 1.54) is 0 Å².